The normalized spacial score (nSPS) is 12.2. The first-order chi connectivity index (χ1) is 8.45. The summed E-state index contributed by atoms with van der Waals surface area (Å²) in [4.78, 5) is 4.03. The van der Waals surface area contributed by atoms with Crippen LogP contribution in [-0.4, -0.2) is 6.21 Å². The van der Waals surface area contributed by atoms with Crippen LogP contribution in [0, 0.1) is 6.92 Å². The number of nitrogens with zero attached hydrogens (tertiary/aromatic N) is 1. The zero-order valence-electron chi connectivity index (χ0n) is 9.53. The van der Waals surface area contributed by atoms with Gasteiger partial charge >= 0.3 is 6.18 Å². The topological polar surface area (TPSA) is 25.5 Å². The molecular formula is C13H10F3NO. The van der Waals surface area contributed by atoms with E-state index in [9.17, 15) is 13.2 Å². The molecular weight excluding hydrogens is 243 g/mol. The van der Waals surface area contributed by atoms with Crippen molar-refractivity contribution in [3.05, 3.63) is 53.5 Å². The van der Waals surface area contributed by atoms with Crippen molar-refractivity contribution in [1.29, 1.82) is 0 Å². The molecule has 0 amide bonds. The Morgan fingerprint density at radius 1 is 1.06 bits per heavy atom. The smallest absolute Gasteiger partial charge is 0.416 e. The van der Waals surface area contributed by atoms with Crippen molar-refractivity contribution in [3.63, 3.8) is 0 Å². The lowest BCUT2D eigenvalue weighted by Gasteiger charge is -2.05. The maximum atomic E-state index is 12.3. The first-order valence-electron chi connectivity index (χ1n) is 5.23. The molecule has 0 radical (unpaired) electrons. The van der Waals surface area contributed by atoms with Gasteiger partial charge in [0.2, 0.25) is 0 Å². The standard InChI is InChI=1S/C13H10F3NO/c1-9-2-7-12(18-9)8-17-11-5-3-10(4-6-11)13(14,15)16/h2-8H,1H3. The fraction of sp³-hybridized carbons (Fsp3) is 0.154. The highest BCUT2D eigenvalue weighted by atomic mass is 19.4. The van der Waals surface area contributed by atoms with Crippen molar-refractivity contribution < 1.29 is 17.6 Å². The van der Waals surface area contributed by atoms with Gasteiger partial charge in [0.15, 0.2) is 0 Å². The monoisotopic (exact) mass is 253 g/mol. The molecule has 5 heteroatoms. The van der Waals surface area contributed by atoms with Crippen LogP contribution in [0.15, 0.2) is 45.8 Å². The van der Waals surface area contributed by atoms with Crippen LogP contribution in [0.5, 0.6) is 0 Å². The number of aliphatic imine (C=N–C) groups is 1. The molecule has 94 valence electrons. The van der Waals surface area contributed by atoms with Crippen molar-refractivity contribution >= 4 is 11.9 Å². The molecule has 1 heterocycles. The van der Waals surface area contributed by atoms with Gasteiger partial charge < -0.3 is 4.42 Å². The van der Waals surface area contributed by atoms with Crippen LogP contribution in [0.1, 0.15) is 17.1 Å². The van der Waals surface area contributed by atoms with Gasteiger partial charge in [0.25, 0.3) is 0 Å². The quantitative estimate of drug-likeness (QED) is 0.730. The summed E-state index contributed by atoms with van der Waals surface area (Å²) in [5.74, 6) is 1.32. The predicted octanol–water partition coefficient (Wildman–Crippen LogP) is 4.36. The Morgan fingerprint density at radius 3 is 2.22 bits per heavy atom. The van der Waals surface area contributed by atoms with Crippen LogP contribution in [0.3, 0.4) is 0 Å². The molecule has 0 aliphatic carbocycles. The third-order valence-electron chi connectivity index (χ3n) is 2.30. The molecule has 0 fully saturated rings. The van der Waals surface area contributed by atoms with Crippen LogP contribution in [-0.2, 0) is 6.18 Å². The second kappa shape index (κ2) is 4.68. The van der Waals surface area contributed by atoms with E-state index in [1.165, 1.54) is 18.3 Å². The summed E-state index contributed by atoms with van der Waals surface area (Å²) in [5.41, 5.74) is -0.243. The molecule has 0 bridgehead atoms. The summed E-state index contributed by atoms with van der Waals surface area (Å²) in [7, 11) is 0. The molecule has 0 aliphatic heterocycles. The van der Waals surface area contributed by atoms with Crippen LogP contribution < -0.4 is 0 Å². The average Bonchev–Trinajstić information content (AvgIpc) is 2.72. The summed E-state index contributed by atoms with van der Waals surface area (Å²) >= 11 is 0. The molecule has 2 aromatic rings. The number of hydrogen-bond acceptors (Lipinski definition) is 2. The van der Waals surface area contributed by atoms with Crippen molar-refractivity contribution in [2.24, 2.45) is 4.99 Å². The van der Waals surface area contributed by atoms with Gasteiger partial charge in [-0.25, -0.2) is 0 Å². The fourth-order valence-electron chi connectivity index (χ4n) is 1.40. The third kappa shape index (κ3) is 3.00. The molecule has 0 saturated carbocycles. The summed E-state index contributed by atoms with van der Waals surface area (Å²) in [5, 5.41) is 0. The predicted molar refractivity (Wildman–Crippen MR) is 62.1 cm³/mol. The number of aryl methyl sites for hydroxylation is 1. The van der Waals surface area contributed by atoms with Crippen molar-refractivity contribution in [3.8, 4) is 0 Å². The van der Waals surface area contributed by atoms with Crippen molar-refractivity contribution in [2.75, 3.05) is 0 Å². The van der Waals surface area contributed by atoms with E-state index in [2.05, 4.69) is 4.99 Å². The van der Waals surface area contributed by atoms with Gasteiger partial charge in [-0.2, -0.15) is 13.2 Å². The molecule has 0 atom stereocenters. The number of alkyl halides is 3. The Balaban J connectivity index is 2.13. The summed E-state index contributed by atoms with van der Waals surface area (Å²) in [6, 6.07) is 8.15. The number of furan rings is 1. The van der Waals surface area contributed by atoms with Gasteiger partial charge in [-0.3, -0.25) is 4.99 Å². The summed E-state index contributed by atoms with van der Waals surface area (Å²) in [6.07, 6.45) is -2.85. The zero-order valence-corrected chi connectivity index (χ0v) is 9.53. The highest BCUT2D eigenvalue weighted by Crippen LogP contribution is 2.30. The highest BCUT2D eigenvalue weighted by Gasteiger charge is 2.29. The Bertz CT molecular complexity index is 552. The van der Waals surface area contributed by atoms with E-state index < -0.39 is 11.7 Å². The molecule has 0 unspecified atom stereocenters. The van der Waals surface area contributed by atoms with Crippen LogP contribution >= 0.6 is 0 Å². The molecule has 18 heavy (non-hydrogen) atoms. The summed E-state index contributed by atoms with van der Waals surface area (Å²) in [6.45, 7) is 1.80. The first kappa shape index (κ1) is 12.4. The number of benzene rings is 1. The van der Waals surface area contributed by atoms with E-state index in [1.807, 2.05) is 0 Å². The maximum absolute atomic E-state index is 12.3. The highest BCUT2D eigenvalue weighted by molar-refractivity contribution is 5.78. The van der Waals surface area contributed by atoms with E-state index >= 15 is 0 Å². The first-order valence-corrected chi connectivity index (χ1v) is 5.23. The SMILES string of the molecule is Cc1ccc(C=Nc2ccc(C(F)(F)F)cc2)o1. The molecule has 0 saturated heterocycles. The van der Waals surface area contributed by atoms with Gasteiger partial charge in [-0.15, -0.1) is 0 Å². The van der Waals surface area contributed by atoms with E-state index in [0.29, 0.717) is 11.4 Å². The van der Waals surface area contributed by atoms with Crippen LogP contribution in [0.4, 0.5) is 18.9 Å². The van der Waals surface area contributed by atoms with Gasteiger partial charge in [0, 0.05) is 0 Å². The minimum atomic E-state index is -4.32. The van der Waals surface area contributed by atoms with Gasteiger partial charge in [0.1, 0.15) is 11.5 Å². The molecule has 0 spiro atoms. The molecule has 1 aromatic carbocycles. The molecule has 1 aromatic heterocycles. The number of rotatable bonds is 2. The van der Waals surface area contributed by atoms with Crippen molar-refractivity contribution in [1.82, 2.24) is 0 Å². The molecule has 0 N–H and O–H groups in total. The maximum Gasteiger partial charge on any atom is 0.416 e. The van der Waals surface area contributed by atoms with Crippen LogP contribution in [0.25, 0.3) is 0 Å². The van der Waals surface area contributed by atoms with Crippen LogP contribution in [0.2, 0.25) is 0 Å². The second-order valence-electron chi connectivity index (χ2n) is 3.75. The average molecular weight is 253 g/mol. The van der Waals surface area contributed by atoms with E-state index in [4.69, 9.17) is 4.42 Å². The Kier molecular flexibility index (Phi) is 3.23. The summed E-state index contributed by atoms with van der Waals surface area (Å²) < 4.78 is 42.2. The van der Waals surface area contributed by atoms with Gasteiger partial charge in [-0.05, 0) is 43.3 Å². The number of hydrogen-bond donors (Lipinski definition) is 0. The van der Waals surface area contributed by atoms with Gasteiger partial charge in [-0.1, -0.05) is 0 Å². The van der Waals surface area contributed by atoms with E-state index in [0.717, 1.165) is 17.9 Å². The lowest BCUT2D eigenvalue weighted by Crippen LogP contribution is -2.03. The molecule has 2 rings (SSSR count). The van der Waals surface area contributed by atoms with E-state index in [-0.39, 0.29) is 0 Å². The lowest BCUT2D eigenvalue weighted by molar-refractivity contribution is -0.137. The number of halogens is 3. The van der Waals surface area contributed by atoms with E-state index in [1.54, 1.807) is 19.1 Å². The Hall–Kier alpha value is -2.04. The zero-order chi connectivity index (χ0) is 13.2. The second-order valence-corrected chi connectivity index (χ2v) is 3.75. The van der Waals surface area contributed by atoms with Gasteiger partial charge in [0.05, 0.1) is 17.5 Å². The fourth-order valence-corrected chi connectivity index (χ4v) is 1.40. The minimum absolute atomic E-state index is 0.442. The van der Waals surface area contributed by atoms with Crippen molar-refractivity contribution in [2.45, 2.75) is 13.1 Å². The molecule has 2 nitrogen and oxygen atoms in total. The third-order valence-corrected chi connectivity index (χ3v) is 2.30. The minimum Gasteiger partial charge on any atom is -0.460 e. The lowest BCUT2D eigenvalue weighted by atomic mass is 10.2. The Morgan fingerprint density at radius 2 is 1.72 bits per heavy atom. The largest absolute Gasteiger partial charge is 0.460 e. The Labute approximate surface area is 102 Å². The molecule has 0 aliphatic rings.